The molecule has 0 radical (unpaired) electrons. The van der Waals surface area contributed by atoms with Gasteiger partial charge in [-0.15, -0.1) is 12.4 Å². The van der Waals surface area contributed by atoms with E-state index in [1.807, 2.05) is 31.2 Å². The zero-order chi connectivity index (χ0) is 12.3. The molecule has 100 valence electrons. The first-order chi connectivity index (χ1) is 8.18. The molecule has 1 heterocycles. The number of amides is 1. The van der Waals surface area contributed by atoms with Crippen molar-refractivity contribution in [2.75, 3.05) is 19.6 Å². The Bertz CT molecular complexity index is 408. The third-order valence-electron chi connectivity index (χ3n) is 3.17. The van der Waals surface area contributed by atoms with Gasteiger partial charge in [0.15, 0.2) is 0 Å². The minimum absolute atomic E-state index is 0. The molecule has 1 amide bonds. The molecule has 0 aliphatic carbocycles. The van der Waals surface area contributed by atoms with Crippen LogP contribution in [0, 0.1) is 12.8 Å². The summed E-state index contributed by atoms with van der Waals surface area (Å²) in [5.74, 6) is 0.0930. The van der Waals surface area contributed by atoms with Crippen molar-refractivity contribution >= 4 is 18.3 Å². The number of hydrogen-bond acceptors (Lipinski definition) is 3. The van der Waals surface area contributed by atoms with E-state index in [-0.39, 0.29) is 30.8 Å². The molecule has 1 aliphatic heterocycles. The lowest BCUT2D eigenvalue weighted by Gasteiger charge is -2.26. The van der Waals surface area contributed by atoms with Crippen LogP contribution in [-0.4, -0.2) is 30.6 Å². The number of nitrogens with one attached hydrogen (secondary N) is 2. The van der Waals surface area contributed by atoms with E-state index in [1.165, 1.54) is 0 Å². The Morgan fingerprint density at radius 1 is 1.50 bits per heavy atom. The minimum Gasteiger partial charge on any atom is -0.387 e. The minimum atomic E-state index is -0.631. The first-order valence-electron chi connectivity index (χ1n) is 5.90. The van der Waals surface area contributed by atoms with Gasteiger partial charge in [0.05, 0.1) is 12.0 Å². The molecule has 0 aromatic heterocycles. The summed E-state index contributed by atoms with van der Waals surface area (Å²) < 4.78 is 0. The third-order valence-corrected chi connectivity index (χ3v) is 3.17. The van der Waals surface area contributed by atoms with Gasteiger partial charge in [0, 0.05) is 19.6 Å². The fraction of sp³-hybridized carbons (Fsp3) is 0.462. The second kappa shape index (κ2) is 6.73. The average molecular weight is 271 g/mol. The molecule has 5 heteroatoms. The van der Waals surface area contributed by atoms with Gasteiger partial charge in [-0.2, -0.15) is 0 Å². The van der Waals surface area contributed by atoms with Crippen molar-refractivity contribution in [1.82, 2.24) is 10.6 Å². The first-order valence-corrected chi connectivity index (χ1v) is 5.90. The standard InChI is InChI=1S/C13H18N2O2.ClH/c1-9-4-2-3-5-11(9)12(16)8-15-13(17)10-6-14-7-10;/h2-5,10,12,14,16H,6-8H2,1H3,(H,15,17);1H. The maximum absolute atomic E-state index is 11.6. The Kier molecular flexibility index (Phi) is 5.59. The zero-order valence-electron chi connectivity index (χ0n) is 10.3. The van der Waals surface area contributed by atoms with E-state index in [9.17, 15) is 9.90 Å². The lowest BCUT2D eigenvalue weighted by molar-refractivity contribution is -0.126. The van der Waals surface area contributed by atoms with Crippen LogP contribution in [0.3, 0.4) is 0 Å². The summed E-state index contributed by atoms with van der Waals surface area (Å²) in [6.07, 6.45) is -0.631. The lowest BCUT2D eigenvalue weighted by atomic mass is 10.0. The van der Waals surface area contributed by atoms with Crippen LogP contribution in [0.4, 0.5) is 0 Å². The number of aliphatic hydroxyl groups excluding tert-OH is 1. The van der Waals surface area contributed by atoms with Gasteiger partial charge < -0.3 is 15.7 Å². The summed E-state index contributed by atoms with van der Waals surface area (Å²) in [7, 11) is 0. The molecule has 1 aliphatic rings. The van der Waals surface area contributed by atoms with Crippen LogP contribution in [0.1, 0.15) is 17.2 Å². The van der Waals surface area contributed by atoms with E-state index in [0.717, 1.165) is 24.2 Å². The third kappa shape index (κ3) is 3.45. The Hall–Kier alpha value is -1.10. The van der Waals surface area contributed by atoms with Crippen LogP contribution in [0.25, 0.3) is 0 Å². The van der Waals surface area contributed by atoms with Crippen molar-refractivity contribution in [2.45, 2.75) is 13.0 Å². The van der Waals surface area contributed by atoms with Crippen LogP contribution in [0.2, 0.25) is 0 Å². The lowest BCUT2D eigenvalue weighted by Crippen LogP contribution is -2.51. The van der Waals surface area contributed by atoms with Gasteiger partial charge in [-0.25, -0.2) is 0 Å². The van der Waals surface area contributed by atoms with Crippen LogP contribution in [0.5, 0.6) is 0 Å². The van der Waals surface area contributed by atoms with Gasteiger partial charge >= 0.3 is 0 Å². The van der Waals surface area contributed by atoms with Gasteiger partial charge in [0.25, 0.3) is 0 Å². The van der Waals surface area contributed by atoms with Crippen molar-refractivity contribution in [3.05, 3.63) is 35.4 Å². The summed E-state index contributed by atoms with van der Waals surface area (Å²) >= 11 is 0. The Labute approximate surface area is 113 Å². The molecule has 4 nitrogen and oxygen atoms in total. The molecule has 0 saturated carbocycles. The van der Waals surface area contributed by atoms with Crippen LogP contribution >= 0.6 is 12.4 Å². The molecule has 2 rings (SSSR count). The Balaban J connectivity index is 0.00000162. The summed E-state index contributed by atoms with van der Waals surface area (Å²) in [6.45, 7) is 3.72. The van der Waals surface area contributed by atoms with E-state index < -0.39 is 6.10 Å². The van der Waals surface area contributed by atoms with Crippen molar-refractivity contribution in [1.29, 1.82) is 0 Å². The molecule has 1 saturated heterocycles. The van der Waals surface area contributed by atoms with Crippen LogP contribution in [-0.2, 0) is 4.79 Å². The summed E-state index contributed by atoms with van der Waals surface area (Å²) in [6, 6.07) is 7.67. The van der Waals surface area contributed by atoms with Gasteiger partial charge in [-0.3, -0.25) is 4.79 Å². The van der Waals surface area contributed by atoms with E-state index in [1.54, 1.807) is 0 Å². The summed E-state index contributed by atoms with van der Waals surface area (Å²) in [4.78, 5) is 11.6. The number of rotatable bonds is 4. The van der Waals surface area contributed by atoms with Crippen LogP contribution < -0.4 is 10.6 Å². The molecule has 1 atom stereocenters. The number of halogens is 1. The zero-order valence-corrected chi connectivity index (χ0v) is 11.2. The highest BCUT2D eigenvalue weighted by atomic mass is 35.5. The van der Waals surface area contributed by atoms with E-state index in [0.29, 0.717) is 0 Å². The Morgan fingerprint density at radius 2 is 2.17 bits per heavy atom. The van der Waals surface area contributed by atoms with Gasteiger partial charge in [-0.05, 0) is 18.1 Å². The molecule has 3 N–H and O–H groups in total. The monoisotopic (exact) mass is 270 g/mol. The molecule has 0 spiro atoms. The quantitative estimate of drug-likeness (QED) is 0.758. The molecular weight excluding hydrogens is 252 g/mol. The van der Waals surface area contributed by atoms with Gasteiger partial charge in [0.1, 0.15) is 0 Å². The fourth-order valence-electron chi connectivity index (χ4n) is 1.89. The SMILES string of the molecule is Cc1ccccc1C(O)CNC(=O)C1CNC1.Cl. The maximum Gasteiger partial charge on any atom is 0.225 e. The van der Waals surface area contributed by atoms with E-state index in [4.69, 9.17) is 0 Å². The smallest absolute Gasteiger partial charge is 0.225 e. The molecular formula is C13H19ClN2O2. The highest BCUT2D eigenvalue weighted by molar-refractivity contribution is 5.85. The van der Waals surface area contributed by atoms with E-state index in [2.05, 4.69) is 10.6 Å². The summed E-state index contributed by atoms with van der Waals surface area (Å²) in [5.41, 5.74) is 1.92. The predicted molar refractivity (Wildman–Crippen MR) is 72.8 cm³/mol. The topological polar surface area (TPSA) is 61.4 Å². The largest absolute Gasteiger partial charge is 0.387 e. The normalized spacial score (nSPS) is 16.3. The number of benzene rings is 1. The summed E-state index contributed by atoms with van der Waals surface area (Å²) in [5, 5.41) is 15.8. The van der Waals surface area contributed by atoms with Crippen molar-refractivity contribution < 1.29 is 9.90 Å². The molecule has 1 unspecified atom stereocenters. The number of carbonyl (C=O) groups excluding carboxylic acids is 1. The first kappa shape index (κ1) is 15.0. The number of aliphatic hydroxyl groups is 1. The highest BCUT2D eigenvalue weighted by Gasteiger charge is 2.25. The fourth-order valence-corrected chi connectivity index (χ4v) is 1.89. The Morgan fingerprint density at radius 3 is 2.72 bits per heavy atom. The van der Waals surface area contributed by atoms with E-state index >= 15 is 0 Å². The number of carbonyl (C=O) groups is 1. The predicted octanol–water partition coefficient (Wildman–Crippen LogP) is 0.786. The molecule has 1 aromatic rings. The molecule has 1 fully saturated rings. The number of aryl methyl sites for hydroxylation is 1. The number of hydrogen-bond donors (Lipinski definition) is 3. The molecule has 0 bridgehead atoms. The maximum atomic E-state index is 11.6. The van der Waals surface area contributed by atoms with Crippen LogP contribution in [0.15, 0.2) is 24.3 Å². The molecule has 1 aromatic carbocycles. The highest BCUT2D eigenvalue weighted by Crippen LogP contribution is 2.16. The van der Waals surface area contributed by atoms with Gasteiger partial charge in [-0.1, -0.05) is 24.3 Å². The van der Waals surface area contributed by atoms with Gasteiger partial charge in [0.2, 0.25) is 5.91 Å². The second-order valence-electron chi connectivity index (χ2n) is 4.47. The molecule has 18 heavy (non-hydrogen) atoms. The van der Waals surface area contributed by atoms with Crippen molar-refractivity contribution in [3.63, 3.8) is 0 Å². The van der Waals surface area contributed by atoms with Crippen molar-refractivity contribution in [3.8, 4) is 0 Å². The van der Waals surface area contributed by atoms with Crippen molar-refractivity contribution in [2.24, 2.45) is 5.92 Å². The average Bonchev–Trinajstić information content (AvgIpc) is 2.24. The second-order valence-corrected chi connectivity index (χ2v) is 4.47.